The quantitative estimate of drug-likeness (QED) is 0.716. The third-order valence-corrected chi connectivity index (χ3v) is 3.31. The van der Waals surface area contributed by atoms with Gasteiger partial charge >= 0.3 is 0 Å². The van der Waals surface area contributed by atoms with Gasteiger partial charge in [0.25, 0.3) is 0 Å². The molecule has 0 bridgehead atoms. The van der Waals surface area contributed by atoms with Crippen LogP contribution in [-0.2, 0) is 10.0 Å². The zero-order valence-corrected chi connectivity index (χ0v) is 9.85. The number of nitrogens with two attached hydrogens (primary N) is 1. The van der Waals surface area contributed by atoms with Crippen LogP contribution in [0.2, 0.25) is 0 Å². The van der Waals surface area contributed by atoms with E-state index < -0.39 is 10.0 Å². The van der Waals surface area contributed by atoms with Crippen molar-refractivity contribution in [2.24, 2.45) is 5.41 Å². The van der Waals surface area contributed by atoms with E-state index in [1.165, 1.54) is 6.20 Å². The van der Waals surface area contributed by atoms with Gasteiger partial charge in [0.2, 0.25) is 10.0 Å². The lowest BCUT2D eigenvalue weighted by Crippen LogP contribution is -2.26. The Bertz CT molecular complexity index is 430. The maximum atomic E-state index is 11.7. The highest BCUT2D eigenvalue weighted by Gasteiger charge is 2.22. The maximum Gasteiger partial charge on any atom is 0.234 e. The van der Waals surface area contributed by atoms with Crippen LogP contribution in [0.15, 0.2) is 6.20 Å². The molecule has 15 heavy (non-hydrogen) atoms. The average molecular weight is 232 g/mol. The fourth-order valence-electron chi connectivity index (χ4n) is 1.14. The van der Waals surface area contributed by atoms with E-state index in [9.17, 15) is 8.42 Å². The third kappa shape index (κ3) is 3.78. The van der Waals surface area contributed by atoms with Gasteiger partial charge in [0, 0.05) is 0 Å². The van der Waals surface area contributed by atoms with Crippen molar-refractivity contribution in [3.05, 3.63) is 6.20 Å². The van der Waals surface area contributed by atoms with E-state index in [-0.39, 0.29) is 22.7 Å². The molecule has 0 saturated carbocycles. The fourth-order valence-corrected chi connectivity index (χ4v) is 2.83. The molecule has 0 saturated heterocycles. The Morgan fingerprint density at radius 1 is 1.53 bits per heavy atom. The Morgan fingerprint density at radius 2 is 2.13 bits per heavy atom. The summed E-state index contributed by atoms with van der Waals surface area (Å²) >= 11 is 0. The minimum absolute atomic E-state index is 0.0262. The summed E-state index contributed by atoms with van der Waals surface area (Å²) in [5, 5.41) is 6.11. The van der Waals surface area contributed by atoms with Crippen molar-refractivity contribution in [1.82, 2.24) is 10.2 Å². The van der Waals surface area contributed by atoms with Gasteiger partial charge in [-0.15, -0.1) is 0 Å². The molecule has 0 aliphatic rings. The molecule has 7 heteroatoms. The summed E-state index contributed by atoms with van der Waals surface area (Å²) in [6.45, 7) is 5.55. The number of sulfonamides is 1. The van der Waals surface area contributed by atoms with E-state index in [4.69, 9.17) is 5.73 Å². The highest BCUT2D eigenvalue weighted by molar-refractivity contribution is 7.92. The second-order valence-electron chi connectivity index (χ2n) is 4.62. The van der Waals surface area contributed by atoms with Crippen molar-refractivity contribution in [3.8, 4) is 0 Å². The molecular formula is C8H16N4O2S. The number of rotatable bonds is 3. The summed E-state index contributed by atoms with van der Waals surface area (Å²) in [5.41, 5.74) is 5.47. The molecule has 0 aliphatic heterocycles. The Hall–Kier alpha value is -1.24. The lowest BCUT2D eigenvalue weighted by molar-refractivity contribution is 0.463. The molecule has 6 nitrogen and oxygen atoms in total. The number of H-pyrrole nitrogens is 1. The summed E-state index contributed by atoms with van der Waals surface area (Å²) in [4.78, 5) is 0. The molecule has 0 fully saturated rings. The van der Waals surface area contributed by atoms with Gasteiger partial charge in [0.1, 0.15) is 0 Å². The van der Waals surface area contributed by atoms with Crippen LogP contribution in [0.4, 0.5) is 11.5 Å². The van der Waals surface area contributed by atoms with Gasteiger partial charge in [-0.25, -0.2) is 8.42 Å². The molecule has 86 valence electrons. The molecule has 0 radical (unpaired) electrons. The number of aromatic amines is 1. The van der Waals surface area contributed by atoms with Crippen molar-refractivity contribution in [2.75, 3.05) is 16.2 Å². The highest BCUT2D eigenvalue weighted by Crippen LogP contribution is 2.19. The molecule has 0 unspecified atom stereocenters. The van der Waals surface area contributed by atoms with Crippen LogP contribution >= 0.6 is 0 Å². The molecule has 1 rings (SSSR count). The van der Waals surface area contributed by atoms with Crippen molar-refractivity contribution < 1.29 is 8.42 Å². The fraction of sp³-hybridized carbons (Fsp3) is 0.625. The van der Waals surface area contributed by atoms with Crippen molar-refractivity contribution >= 4 is 21.5 Å². The van der Waals surface area contributed by atoms with Gasteiger partial charge in [0.05, 0.1) is 17.6 Å². The molecule has 1 aromatic heterocycles. The third-order valence-electron chi connectivity index (χ3n) is 1.55. The molecule has 0 spiro atoms. The van der Waals surface area contributed by atoms with Crippen LogP contribution < -0.4 is 10.5 Å². The van der Waals surface area contributed by atoms with Crippen LogP contribution in [-0.4, -0.2) is 24.4 Å². The van der Waals surface area contributed by atoms with E-state index >= 15 is 0 Å². The molecular weight excluding hydrogens is 216 g/mol. The van der Waals surface area contributed by atoms with Crippen LogP contribution in [0.1, 0.15) is 20.8 Å². The van der Waals surface area contributed by atoms with Gasteiger partial charge in [0.15, 0.2) is 5.82 Å². The first kappa shape index (κ1) is 11.8. The van der Waals surface area contributed by atoms with Gasteiger partial charge < -0.3 is 5.73 Å². The standard InChI is InChI=1S/C8H16N4O2S/c1-8(2,3)5-15(13,14)12-7-6(9)4-10-11-7/h4H,5,9H2,1-3H3,(H2,10,11,12). The lowest BCUT2D eigenvalue weighted by atomic mass is 10.0. The van der Waals surface area contributed by atoms with Gasteiger partial charge in [-0.3, -0.25) is 9.82 Å². The number of anilines is 2. The summed E-state index contributed by atoms with van der Waals surface area (Å²) in [6, 6.07) is 0. The van der Waals surface area contributed by atoms with Crippen LogP contribution in [0, 0.1) is 5.41 Å². The molecule has 0 aliphatic carbocycles. The first-order valence-electron chi connectivity index (χ1n) is 4.49. The summed E-state index contributed by atoms with van der Waals surface area (Å²) in [5.74, 6) is 0.248. The van der Waals surface area contributed by atoms with Gasteiger partial charge in [-0.05, 0) is 5.41 Å². The van der Waals surface area contributed by atoms with Crippen LogP contribution in [0.5, 0.6) is 0 Å². The monoisotopic (exact) mass is 232 g/mol. The first-order valence-corrected chi connectivity index (χ1v) is 6.14. The predicted molar refractivity (Wildman–Crippen MR) is 59.9 cm³/mol. The number of nitrogens with one attached hydrogen (secondary N) is 2. The molecule has 4 N–H and O–H groups in total. The zero-order valence-electron chi connectivity index (χ0n) is 9.03. The minimum Gasteiger partial charge on any atom is -0.394 e. The van der Waals surface area contributed by atoms with E-state index in [0.717, 1.165) is 0 Å². The Kier molecular flexibility index (Phi) is 2.94. The summed E-state index contributed by atoms with van der Waals surface area (Å²) in [7, 11) is -3.39. The number of aromatic nitrogens is 2. The Morgan fingerprint density at radius 3 is 2.53 bits per heavy atom. The van der Waals surface area contributed by atoms with E-state index in [1.807, 2.05) is 20.8 Å². The van der Waals surface area contributed by atoms with Gasteiger partial charge in [-0.1, -0.05) is 20.8 Å². The largest absolute Gasteiger partial charge is 0.394 e. The molecule has 1 aromatic rings. The molecule has 1 heterocycles. The summed E-state index contributed by atoms with van der Waals surface area (Å²) < 4.78 is 25.7. The second-order valence-corrected chi connectivity index (χ2v) is 6.34. The second kappa shape index (κ2) is 3.73. The minimum atomic E-state index is -3.39. The average Bonchev–Trinajstić information content (AvgIpc) is 2.29. The molecule has 0 amide bonds. The topological polar surface area (TPSA) is 101 Å². The maximum absolute atomic E-state index is 11.7. The van der Waals surface area contributed by atoms with Crippen LogP contribution in [0.3, 0.4) is 0 Å². The zero-order chi connectivity index (χ0) is 11.7. The Labute approximate surface area is 89.3 Å². The summed E-state index contributed by atoms with van der Waals surface area (Å²) in [6.07, 6.45) is 1.36. The van der Waals surface area contributed by atoms with E-state index in [1.54, 1.807) is 0 Å². The number of hydrogen-bond donors (Lipinski definition) is 3. The van der Waals surface area contributed by atoms with Gasteiger partial charge in [-0.2, -0.15) is 5.10 Å². The molecule has 0 atom stereocenters. The number of nitrogen functional groups attached to an aromatic ring is 1. The van der Waals surface area contributed by atoms with Crippen molar-refractivity contribution in [1.29, 1.82) is 0 Å². The smallest absolute Gasteiger partial charge is 0.234 e. The van der Waals surface area contributed by atoms with E-state index in [2.05, 4.69) is 14.9 Å². The first-order chi connectivity index (χ1) is 6.70. The molecule has 0 aromatic carbocycles. The predicted octanol–water partition coefficient (Wildman–Crippen LogP) is 0.780. The number of nitrogens with zero attached hydrogens (tertiary/aromatic N) is 1. The van der Waals surface area contributed by atoms with E-state index in [0.29, 0.717) is 0 Å². The normalized spacial score (nSPS) is 12.7. The number of hydrogen-bond acceptors (Lipinski definition) is 4. The highest BCUT2D eigenvalue weighted by atomic mass is 32.2. The van der Waals surface area contributed by atoms with Crippen molar-refractivity contribution in [2.45, 2.75) is 20.8 Å². The Balaban J connectivity index is 2.78. The SMILES string of the molecule is CC(C)(C)CS(=O)(=O)Nc1[nH]ncc1N. The lowest BCUT2D eigenvalue weighted by Gasteiger charge is -2.18. The van der Waals surface area contributed by atoms with Crippen LogP contribution in [0.25, 0.3) is 0 Å². The van der Waals surface area contributed by atoms with Crippen molar-refractivity contribution in [3.63, 3.8) is 0 Å².